The minimum atomic E-state index is -0.409. The van der Waals surface area contributed by atoms with E-state index in [4.69, 9.17) is 0 Å². The summed E-state index contributed by atoms with van der Waals surface area (Å²) in [6.45, 7) is 5.98. The van der Waals surface area contributed by atoms with Crippen LogP contribution in [0.1, 0.15) is 26.7 Å². The molecular weight excluding hydrogens is 252 g/mol. The number of hydrogen-bond donors (Lipinski definition) is 2. The molecule has 1 saturated heterocycles. The van der Waals surface area contributed by atoms with Crippen molar-refractivity contribution in [1.29, 1.82) is 0 Å². The zero-order valence-electron chi connectivity index (χ0n) is 12.5. The van der Waals surface area contributed by atoms with E-state index in [1.807, 2.05) is 19.9 Å². The van der Waals surface area contributed by atoms with E-state index >= 15 is 0 Å². The molecule has 1 atom stereocenters. The third-order valence-electron chi connectivity index (χ3n) is 4.39. The number of phenolic OH excluding ortho intramolecular Hbond substituents is 1. The highest BCUT2D eigenvalue weighted by atomic mass is 16.3. The average molecular weight is 276 g/mol. The molecule has 1 amide bonds. The Morgan fingerprint density at radius 2 is 2.20 bits per heavy atom. The van der Waals surface area contributed by atoms with E-state index in [2.05, 4.69) is 5.32 Å². The third kappa shape index (κ3) is 2.96. The lowest BCUT2D eigenvalue weighted by molar-refractivity contribution is -0.129. The standard InChI is InChI=1S/C16H24N2O2/c1-16(2,12-6-5-9-17-11-12)15(20)18(3)13-7-4-8-14(19)10-13/h4,7-8,10,12,17,19H,5-6,9,11H2,1-3H3. The number of rotatable bonds is 3. The summed E-state index contributed by atoms with van der Waals surface area (Å²) in [6, 6.07) is 6.82. The van der Waals surface area contributed by atoms with Crippen molar-refractivity contribution in [2.45, 2.75) is 26.7 Å². The molecule has 110 valence electrons. The number of amides is 1. The molecule has 1 fully saturated rings. The van der Waals surface area contributed by atoms with Crippen molar-refractivity contribution in [2.24, 2.45) is 11.3 Å². The van der Waals surface area contributed by atoms with Gasteiger partial charge in [0.2, 0.25) is 5.91 Å². The second-order valence-electron chi connectivity index (χ2n) is 6.15. The number of aromatic hydroxyl groups is 1. The van der Waals surface area contributed by atoms with Gasteiger partial charge >= 0.3 is 0 Å². The Balaban J connectivity index is 2.16. The van der Waals surface area contributed by atoms with E-state index in [0.717, 1.165) is 31.6 Å². The Kier molecular flexibility index (Phi) is 4.33. The van der Waals surface area contributed by atoms with Crippen LogP contribution in [-0.2, 0) is 4.79 Å². The number of hydrogen-bond acceptors (Lipinski definition) is 3. The fraction of sp³-hybridized carbons (Fsp3) is 0.562. The Morgan fingerprint density at radius 3 is 2.80 bits per heavy atom. The van der Waals surface area contributed by atoms with Gasteiger partial charge in [-0.2, -0.15) is 0 Å². The normalized spacial score (nSPS) is 19.6. The summed E-state index contributed by atoms with van der Waals surface area (Å²) < 4.78 is 0. The SMILES string of the molecule is CN(C(=O)C(C)(C)C1CCCNC1)c1cccc(O)c1. The maximum atomic E-state index is 12.8. The van der Waals surface area contributed by atoms with Crippen LogP contribution >= 0.6 is 0 Å². The van der Waals surface area contributed by atoms with Gasteiger partial charge in [0.25, 0.3) is 0 Å². The van der Waals surface area contributed by atoms with Gasteiger partial charge in [-0.05, 0) is 44.0 Å². The number of anilines is 1. The average Bonchev–Trinajstić information content (AvgIpc) is 2.46. The van der Waals surface area contributed by atoms with E-state index in [1.54, 1.807) is 30.1 Å². The summed E-state index contributed by atoms with van der Waals surface area (Å²) in [5, 5.41) is 12.9. The van der Waals surface area contributed by atoms with Crippen LogP contribution in [0.3, 0.4) is 0 Å². The van der Waals surface area contributed by atoms with Gasteiger partial charge in [-0.1, -0.05) is 19.9 Å². The van der Waals surface area contributed by atoms with E-state index in [0.29, 0.717) is 5.92 Å². The minimum Gasteiger partial charge on any atom is -0.508 e. The van der Waals surface area contributed by atoms with Crippen molar-refractivity contribution >= 4 is 11.6 Å². The Bertz CT molecular complexity index is 479. The molecule has 1 aromatic rings. The van der Waals surface area contributed by atoms with Crippen LogP contribution in [0.4, 0.5) is 5.69 Å². The predicted octanol–water partition coefficient (Wildman–Crippen LogP) is 2.38. The number of nitrogens with one attached hydrogen (secondary N) is 1. The van der Waals surface area contributed by atoms with Crippen LogP contribution < -0.4 is 10.2 Å². The summed E-state index contributed by atoms with van der Waals surface area (Å²) >= 11 is 0. The van der Waals surface area contributed by atoms with E-state index in [1.165, 1.54) is 0 Å². The van der Waals surface area contributed by atoms with Gasteiger partial charge in [-0.15, -0.1) is 0 Å². The first-order chi connectivity index (χ1) is 9.43. The van der Waals surface area contributed by atoms with Crippen molar-refractivity contribution in [3.05, 3.63) is 24.3 Å². The van der Waals surface area contributed by atoms with Crippen LogP contribution in [0.2, 0.25) is 0 Å². The number of phenols is 1. The smallest absolute Gasteiger partial charge is 0.232 e. The number of piperidine rings is 1. The van der Waals surface area contributed by atoms with Crippen molar-refractivity contribution in [3.63, 3.8) is 0 Å². The van der Waals surface area contributed by atoms with E-state index in [9.17, 15) is 9.90 Å². The molecule has 4 heteroatoms. The second-order valence-corrected chi connectivity index (χ2v) is 6.15. The molecule has 0 bridgehead atoms. The Morgan fingerprint density at radius 1 is 1.45 bits per heavy atom. The first-order valence-electron chi connectivity index (χ1n) is 7.21. The zero-order chi connectivity index (χ0) is 14.8. The largest absolute Gasteiger partial charge is 0.508 e. The Labute approximate surface area is 120 Å². The molecule has 0 aromatic heterocycles. The summed E-state index contributed by atoms with van der Waals surface area (Å²) in [7, 11) is 1.77. The highest BCUT2D eigenvalue weighted by molar-refractivity contribution is 5.97. The fourth-order valence-electron chi connectivity index (χ4n) is 2.89. The van der Waals surface area contributed by atoms with Gasteiger partial charge in [0.15, 0.2) is 0 Å². The molecule has 2 N–H and O–H groups in total. The van der Waals surface area contributed by atoms with Gasteiger partial charge in [0, 0.05) is 24.2 Å². The molecule has 0 saturated carbocycles. The quantitative estimate of drug-likeness (QED) is 0.891. The highest BCUT2D eigenvalue weighted by Crippen LogP contribution is 2.35. The van der Waals surface area contributed by atoms with E-state index < -0.39 is 5.41 Å². The topological polar surface area (TPSA) is 52.6 Å². The van der Waals surface area contributed by atoms with Crippen molar-refractivity contribution in [3.8, 4) is 5.75 Å². The van der Waals surface area contributed by atoms with Crippen molar-refractivity contribution in [1.82, 2.24) is 5.32 Å². The van der Waals surface area contributed by atoms with Crippen LogP contribution in [0.25, 0.3) is 0 Å². The highest BCUT2D eigenvalue weighted by Gasteiger charge is 2.39. The lowest BCUT2D eigenvalue weighted by Gasteiger charge is -2.38. The molecule has 0 spiro atoms. The monoisotopic (exact) mass is 276 g/mol. The number of nitrogens with zero attached hydrogens (tertiary/aromatic N) is 1. The molecule has 1 aromatic carbocycles. The molecule has 4 nitrogen and oxygen atoms in total. The molecule has 1 aliphatic rings. The number of benzene rings is 1. The van der Waals surface area contributed by atoms with E-state index in [-0.39, 0.29) is 11.7 Å². The molecule has 1 aliphatic heterocycles. The Hall–Kier alpha value is -1.55. The maximum Gasteiger partial charge on any atom is 0.232 e. The maximum absolute atomic E-state index is 12.8. The minimum absolute atomic E-state index is 0.0943. The molecule has 0 aliphatic carbocycles. The third-order valence-corrected chi connectivity index (χ3v) is 4.39. The van der Waals surface area contributed by atoms with Crippen molar-refractivity contribution < 1.29 is 9.90 Å². The summed E-state index contributed by atoms with van der Waals surface area (Å²) in [6.07, 6.45) is 2.21. The van der Waals surface area contributed by atoms with Crippen LogP contribution in [0, 0.1) is 11.3 Å². The molecular formula is C16H24N2O2. The first-order valence-corrected chi connectivity index (χ1v) is 7.21. The zero-order valence-corrected chi connectivity index (χ0v) is 12.5. The van der Waals surface area contributed by atoms with Gasteiger partial charge < -0.3 is 15.3 Å². The molecule has 1 unspecified atom stereocenters. The van der Waals surface area contributed by atoms with Crippen molar-refractivity contribution in [2.75, 3.05) is 25.0 Å². The summed E-state index contributed by atoms with van der Waals surface area (Å²) in [5.41, 5.74) is 0.319. The lowest BCUT2D eigenvalue weighted by Crippen LogP contribution is -2.48. The van der Waals surface area contributed by atoms with Crippen LogP contribution in [0.15, 0.2) is 24.3 Å². The van der Waals surface area contributed by atoms with Crippen LogP contribution in [0.5, 0.6) is 5.75 Å². The van der Waals surface area contributed by atoms with Gasteiger partial charge in [-0.25, -0.2) is 0 Å². The molecule has 1 heterocycles. The van der Waals surface area contributed by atoms with Crippen LogP contribution in [-0.4, -0.2) is 31.2 Å². The fourth-order valence-corrected chi connectivity index (χ4v) is 2.89. The van der Waals surface area contributed by atoms with Gasteiger partial charge in [0.1, 0.15) is 5.75 Å². The second kappa shape index (κ2) is 5.83. The molecule has 0 radical (unpaired) electrons. The molecule has 20 heavy (non-hydrogen) atoms. The molecule has 2 rings (SSSR count). The predicted molar refractivity (Wildman–Crippen MR) is 80.9 cm³/mol. The first kappa shape index (κ1) is 14.9. The lowest BCUT2D eigenvalue weighted by atomic mass is 9.74. The summed E-state index contributed by atoms with van der Waals surface area (Å²) in [5.74, 6) is 0.625. The summed E-state index contributed by atoms with van der Waals surface area (Å²) in [4.78, 5) is 14.4. The van der Waals surface area contributed by atoms with Gasteiger partial charge in [-0.3, -0.25) is 4.79 Å². The number of carbonyl (C=O) groups excluding carboxylic acids is 1. The number of carbonyl (C=O) groups is 1. The van der Waals surface area contributed by atoms with Gasteiger partial charge in [0.05, 0.1) is 0 Å².